The van der Waals surface area contributed by atoms with E-state index in [0.717, 1.165) is 33.1 Å². The number of likely N-dealkylation sites (N-methyl/N-ethyl adjacent to an activating group) is 1. The van der Waals surface area contributed by atoms with Gasteiger partial charge in [-0.15, -0.1) is 0 Å². The summed E-state index contributed by atoms with van der Waals surface area (Å²) < 4.78 is 8.12. The number of benzene rings is 2. The van der Waals surface area contributed by atoms with Crippen LogP contribution in [-0.2, 0) is 20.9 Å². The Kier molecular flexibility index (Phi) is 8.43. The van der Waals surface area contributed by atoms with Gasteiger partial charge in [-0.05, 0) is 44.5 Å². The van der Waals surface area contributed by atoms with E-state index in [1.807, 2.05) is 74.5 Å². The molecule has 3 N–H and O–H groups in total. The summed E-state index contributed by atoms with van der Waals surface area (Å²) in [5.41, 5.74) is 8.49. The molecule has 1 amide bonds. The average Bonchev–Trinajstić information content (AvgIpc) is 3.24. The molecule has 0 aliphatic heterocycles. The maximum Gasteiger partial charge on any atom is 0.331 e. The van der Waals surface area contributed by atoms with Crippen molar-refractivity contribution in [3.8, 4) is 5.69 Å². The van der Waals surface area contributed by atoms with E-state index in [1.54, 1.807) is 17.7 Å². The largest absolute Gasteiger partial charge is 0.452 e. The first-order valence-corrected chi connectivity index (χ1v) is 12.6. The number of nitrogens with zero attached hydrogens (tertiary/aromatic N) is 4. The normalized spacial score (nSPS) is 11.1. The molecule has 4 rings (SSSR count). The summed E-state index contributed by atoms with van der Waals surface area (Å²) in [6.07, 6.45) is 2.81. The second-order valence-corrected chi connectivity index (χ2v) is 8.98. The highest BCUT2D eigenvalue weighted by molar-refractivity contribution is 5.98. The minimum absolute atomic E-state index is 0.0557. The van der Waals surface area contributed by atoms with E-state index in [-0.39, 0.29) is 24.6 Å². The summed E-state index contributed by atoms with van der Waals surface area (Å²) in [6, 6.07) is 18.7. The average molecular weight is 543 g/mol. The lowest BCUT2D eigenvalue weighted by Gasteiger charge is -2.23. The number of esters is 1. The van der Waals surface area contributed by atoms with Crippen molar-refractivity contribution in [3.63, 3.8) is 0 Å². The number of para-hydroxylation sites is 1. The van der Waals surface area contributed by atoms with Crippen molar-refractivity contribution in [3.05, 3.63) is 110 Å². The van der Waals surface area contributed by atoms with Crippen LogP contribution in [0.15, 0.2) is 76.3 Å². The third kappa shape index (κ3) is 5.93. The van der Waals surface area contributed by atoms with Crippen LogP contribution in [0, 0.1) is 13.8 Å². The van der Waals surface area contributed by atoms with Crippen LogP contribution in [-0.4, -0.2) is 44.4 Å². The van der Waals surface area contributed by atoms with E-state index < -0.39 is 29.7 Å². The van der Waals surface area contributed by atoms with E-state index in [9.17, 15) is 19.2 Å². The predicted molar refractivity (Wildman–Crippen MR) is 152 cm³/mol. The second-order valence-electron chi connectivity index (χ2n) is 8.98. The van der Waals surface area contributed by atoms with Crippen LogP contribution in [0.25, 0.3) is 11.8 Å². The standard InChI is InChI=1S/C29H30N6O5/c1-4-33(26-27(30)34(29(39)31-28(26)38)17-21-11-7-5-8-12-21)24(36)18-40-25(37)16-15-23-19(2)32-35(20(23)3)22-13-9-6-10-14-22/h5-16H,4,17-18,30H2,1-3H3,(H,31,38,39)/b16-15+. The lowest BCUT2D eigenvalue weighted by atomic mass is 10.2. The molecule has 0 aliphatic rings. The lowest BCUT2D eigenvalue weighted by Crippen LogP contribution is -2.42. The number of ether oxygens (including phenoxy) is 1. The van der Waals surface area contributed by atoms with E-state index in [1.165, 1.54) is 10.6 Å². The molecule has 0 saturated carbocycles. The van der Waals surface area contributed by atoms with E-state index >= 15 is 0 Å². The number of rotatable bonds is 9. The topological polar surface area (TPSA) is 145 Å². The Morgan fingerprint density at radius 1 is 1.05 bits per heavy atom. The Morgan fingerprint density at radius 3 is 2.35 bits per heavy atom. The monoisotopic (exact) mass is 542 g/mol. The molecule has 2 aromatic heterocycles. The van der Waals surface area contributed by atoms with Gasteiger partial charge >= 0.3 is 11.7 Å². The molecule has 0 aliphatic carbocycles. The zero-order valence-corrected chi connectivity index (χ0v) is 22.5. The summed E-state index contributed by atoms with van der Waals surface area (Å²) in [5, 5.41) is 4.54. The molecule has 206 valence electrons. The van der Waals surface area contributed by atoms with Gasteiger partial charge in [0.05, 0.1) is 17.9 Å². The summed E-state index contributed by atoms with van der Waals surface area (Å²) in [6.45, 7) is 4.88. The van der Waals surface area contributed by atoms with Crippen LogP contribution in [0.3, 0.4) is 0 Å². The Hall–Kier alpha value is -5.19. The van der Waals surface area contributed by atoms with E-state index in [2.05, 4.69) is 10.1 Å². The number of nitrogen functional groups attached to an aromatic ring is 1. The lowest BCUT2D eigenvalue weighted by molar-refractivity contribution is -0.142. The fourth-order valence-corrected chi connectivity index (χ4v) is 4.35. The number of H-pyrrole nitrogens is 1. The number of aryl methyl sites for hydroxylation is 1. The molecule has 0 fully saturated rings. The number of hydrogen-bond acceptors (Lipinski definition) is 7. The molecule has 0 saturated heterocycles. The molecule has 0 radical (unpaired) electrons. The molecular weight excluding hydrogens is 512 g/mol. The van der Waals surface area contributed by atoms with Crippen LogP contribution in [0.1, 0.15) is 29.4 Å². The van der Waals surface area contributed by atoms with Crippen LogP contribution < -0.4 is 21.9 Å². The number of anilines is 2. The van der Waals surface area contributed by atoms with E-state index in [4.69, 9.17) is 10.5 Å². The van der Waals surface area contributed by atoms with Crippen molar-refractivity contribution in [2.24, 2.45) is 0 Å². The number of carbonyl (C=O) groups excluding carboxylic acids is 2. The quantitative estimate of drug-likeness (QED) is 0.244. The zero-order valence-electron chi connectivity index (χ0n) is 22.5. The van der Waals surface area contributed by atoms with Gasteiger partial charge in [-0.3, -0.25) is 19.1 Å². The molecule has 0 unspecified atom stereocenters. The molecular formula is C29H30N6O5. The number of hydrogen-bond donors (Lipinski definition) is 2. The number of aromatic amines is 1. The van der Waals surface area contributed by atoms with Crippen molar-refractivity contribution in [2.45, 2.75) is 27.3 Å². The first-order chi connectivity index (χ1) is 19.2. The van der Waals surface area contributed by atoms with Crippen LogP contribution >= 0.6 is 0 Å². The number of aromatic nitrogens is 4. The van der Waals surface area contributed by atoms with Crippen LogP contribution in [0.5, 0.6) is 0 Å². The van der Waals surface area contributed by atoms with Gasteiger partial charge in [-0.25, -0.2) is 14.3 Å². The van der Waals surface area contributed by atoms with Gasteiger partial charge in [-0.1, -0.05) is 48.5 Å². The fourth-order valence-electron chi connectivity index (χ4n) is 4.35. The Bertz CT molecular complexity index is 1670. The summed E-state index contributed by atoms with van der Waals surface area (Å²) in [5.74, 6) is -1.58. The second kappa shape index (κ2) is 12.1. The Balaban J connectivity index is 1.48. The first kappa shape index (κ1) is 27.8. The maximum atomic E-state index is 13.0. The molecule has 0 bridgehead atoms. The first-order valence-electron chi connectivity index (χ1n) is 12.6. The molecule has 0 spiro atoms. The molecule has 2 aromatic carbocycles. The van der Waals surface area contributed by atoms with Gasteiger partial charge in [0.2, 0.25) is 0 Å². The molecule has 11 heteroatoms. The van der Waals surface area contributed by atoms with Gasteiger partial charge in [0, 0.05) is 23.9 Å². The van der Waals surface area contributed by atoms with Gasteiger partial charge < -0.3 is 15.4 Å². The van der Waals surface area contributed by atoms with Crippen LogP contribution in [0.4, 0.5) is 11.5 Å². The highest BCUT2D eigenvalue weighted by atomic mass is 16.5. The van der Waals surface area contributed by atoms with Gasteiger partial charge in [0.1, 0.15) is 5.82 Å². The minimum Gasteiger partial charge on any atom is -0.452 e. The number of nitrogens with one attached hydrogen (secondary N) is 1. The van der Waals surface area contributed by atoms with Crippen molar-refractivity contribution in [1.82, 2.24) is 19.3 Å². The molecule has 40 heavy (non-hydrogen) atoms. The van der Waals surface area contributed by atoms with Gasteiger partial charge in [0.25, 0.3) is 11.5 Å². The predicted octanol–water partition coefficient (Wildman–Crippen LogP) is 2.58. The third-order valence-electron chi connectivity index (χ3n) is 6.36. The van der Waals surface area contributed by atoms with Crippen LogP contribution in [0.2, 0.25) is 0 Å². The number of amides is 1. The van der Waals surface area contributed by atoms with Crippen molar-refractivity contribution >= 4 is 29.5 Å². The smallest absolute Gasteiger partial charge is 0.331 e. The Morgan fingerprint density at radius 2 is 1.70 bits per heavy atom. The maximum absolute atomic E-state index is 13.0. The Labute approximate surface area is 230 Å². The highest BCUT2D eigenvalue weighted by Gasteiger charge is 2.24. The molecule has 2 heterocycles. The van der Waals surface area contributed by atoms with Crippen molar-refractivity contribution in [1.29, 1.82) is 0 Å². The fraction of sp³-hybridized carbons (Fsp3) is 0.207. The summed E-state index contributed by atoms with van der Waals surface area (Å²) in [4.78, 5) is 53.9. The third-order valence-corrected chi connectivity index (χ3v) is 6.36. The van der Waals surface area contributed by atoms with Crippen molar-refractivity contribution in [2.75, 3.05) is 23.8 Å². The molecule has 0 atom stereocenters. The van der Waals surface area contributed by atoms with Gasteiger partial charge in [0.15, 0.2) is 12.3 Å². The summed E-state index contributed by atoms with van der Waals surface area (Å²) in [7, 11) is 0. The molecule has 11 nitrogen and oxygen atoms in total. The number of nitrogens with two attached hydrogens (primary N) is 1. The van der Waals surface area contributed by atoms with E-state index in [0.29, 0.717) is 0 Å². The number of carbonyl (C=O) groups is 2. The SMILES string of the molecule is CCN(C(=O)COC(=O)/C=C/c1c(C)nn(-c2ccccc2)c1C)c1c(N)n(Cc2ccccc2)c(=O)[nH]c1=O. The highest BCUT2D eigenvalue weighted by Crippen LogP contribution is 2.20. The zero-order chi connectivity index (χ0) is 28.8. The van der Waals surface area contributed by atoms with Gasteiger partial charge in [-0.2, -0.15) is 5.10 Å². The molecule has 4 aromatic rings. The minimum atomic E-state index is -0.811. The summed E-state index contributed by atoms with van der Waals surface area (Å²) >= 11 is 0. The van der Waals surface area contributed by atoms with Crippen molar-refractivity contribution < 1.29 is 14.3 Å².